The number of aliphatic carboxylic acids is 1. The van der Waals surface area contributed by atoms with Gasteiger partial charge >= 0.3 is 5.97 Å². The molecule has 4 nitrogen and oxygen atoms in total. The van der Waals surface area contributed by atoms with E-state index in [9.17, 15) is 9.90 Å². The molecule has 2 unspecified atom stereocenters. The number of hydrogen-bond donors (Lipinski definition) is 1. The number of ether oxygens (including phenoxy) is 1. The summed E-state index contributed by atoms with van der Waals surface area (Å²) in [5, 5.41) is 9.52. The van der Waals surface area contributed by atoms with Crippen LogP contribution in [0.15, 0.2) is 24.3 Å². The highest BCUT2D eigenvalue weighted by molar-refractivity contribution is 5.77. The Bertz CT molecular complexity index is 433. The lowest BCUT2D eigenvalue weighted by Gasteiger charge is -2.21. The van der Waals surface area contributed by atoms with Crippen molar-refractivity contribution in [2.75, 3.05) is 27.2 Å². The van der Waals surface area contributed by atoms with Gasteiger partial charge in [-0.15, -0.1) is 0 Å². The predicted molar refractivity (Wildman–Crippen MR) is 69.0 cm³/mol. The third-order valence-corrected chi connectivity index (χ3v) is 3.64. The maximum atomic E-state index is 11.6. The minimum absolute atomic E-state index is 0.156. The molecule has 18 heavy (non-hydrogen) atoms. The van der Waals surface area contributed by atoms with Crippen LogP contribution in [0.1, 0.15) is 17.9 Å². The van der Waals surface area contributed by atoms with Crippen molar-refractivity contribution in [3.05, 3.63) is 29.8 Å². The van der Waals surface area contributed by atoms with Crippen molar-refractivity contribution >= 4 is 5.97 Å². The molecule has 0 aliphatic carbocycles. The van der Waals surface area contributed by atoms with Crippen LogP contribution in [-0.2, 0) is 4.79 Å². The standard InChI is InChI=1S/C14H19NO3/c1-15-8-7-10(9-15)13(14(16)17)11-5-3-4-6-12(11)18-2/h3-6,10,13H,7-9H2,1-2H3,(H,16,17). The molecular formula is C14H19NO3. The molecule has 1 N–H and O–H groups in total. The number of benzene rings is 1. The molecule has 4 heteroatoms. The van der Waals surface area contributed by atoms with Crippen LogP contribution in [-0.4, -0.2) is 43.2 Å². The van der Waals surface area contributed by atoms with Gasteiger partial charge in [-0.3, -0.25) is 4.79 Å². The number of carboxylic acid groups (broad SMARTS) is 1. The Labute approximate surface area is 107 Å². The third-order valence-electron chi connectivity index (χ3n) is 3.64. The number of para-hydroxylation sites is 1. The fourth-order valence-corrected chi connectivity index (χ4v) is 2.75. The quantitative estimate of drug-likeness (QED) is 0.884. The molecule has 1 heterocycles. The average Bonchev–Trinajstić information content (AvgIpc) is 2.76. The fraction of sp³-hybridized carbons (Fsp3) is 0.500. The van der Waals surface area contributed by atoms with Crippen molar-refractivity contribution in [2.24, 2.45) is 5.92 Å². The number of methoxy groups -OCH3 is 1. The van der Waals surface area contributed by atoms with E-state index in [0.717, 1.165) is 25.1 Å². The highest BCUT2D eigenvalue weighted by Gasteiger charge is 2.35. The van der Waals surface area contributed by atoms with Crippen molar-refractivity contribution in [1.29, 1.82) is 0 Å². The first-order valence-electron chi connectivity index (χ1n) is 6.17. The summed E-state index contributed by atoms with van der Waals surface area (Å²) in [5.41, 5.74) is 0.785. The van der Waals surface area contributed by atoms with Gasteiger partial charge in [0.25, 0.3) is 0 Å². The lowest BCUT2D eigenvalue weighted by Crippen LogP contribution is -2.24. The Morgan fingerprint density at radius 1 is 1.50 bits per heavy atom. The summed E-state index contributed by atoms with van der Waals surface area (Å²) in [6.45, 7) is 1.79. The summed E-state index contributed by atoms with van der Waals surface area (Å²) < 4.78 is 5.29. The summed E-state index contributed by atoms with van der Waals surface area (Å²) in [6, 6.07) is 7.41. The van der Waals surface area contributed by atoms with Gasteiger partial charge in [0.2, 0.25) is 0 Å². The third kappa shape index (κ3) is 2.48. The lowest BCUT2D eigenvalue weighted by molar-refractivity contribution is -0.140. The molecule has 2 atom stereocenters. The normalized spacial score (nSPS) is 21.8. The van der Waals surface area contributed by atoms with E-state index in [2.05, 4.69) is 4.90 Å². The second-order valence-corrected chi connectivity index (χ2v) is 4.87. The van der Waals surface area contributed by atoms with E-state index in [1.54, 1.807) is 7.11 Å². The van der Waals surface area contributed by atoms with Crippen molar-refractivity contribution in [1.82, 2.24) is 4.90 Å². The monoisotopic (exact) mass is 249 g/mol. The van der Waals surface area contributed by atoms with Crippen LogP contribution in [0.3, 0.4) is 0 Å². The molecule has 1 aliphatic heterocycles. The molecule has 1 saturated heterocycles. The van der Waals surface area contributed by atoms with Gasteiger partial charge in [0.1, 0.15) is 5.75 Å². The first-order valence-corrected chi connectivity index (χ1v) is 6.17. The summed E-state index contributed by atoms with van der Waals surface area (Å²) >= 11 is 0. The predicted octanol–water partition coefficient (Wildman–Crippen LogP) is 1.82. The van der Waals surface area contributed by atoms with Gasteiger partial charge in [-0.2, -0.15) is 0 Å². The summed E-state index contributed by atoms with van der Waals surface area (Å²) in [7, 11) is 3.61. The second-order valence-electron chi connectivity index (χ2n) is 4.87. The Balaban J connectivity index is 2.32. The SMILES string of the molecule is COc1ccccc1C(C(=O)O)C1CCN(C)C1. The molecule has 98 valence electrons. The molecule has 1 aromatic rings. The Morgan fingerprint density at radius 2 is 2.22 bits per heavy atom. The highest BCUT2D eigenvalue weighted by atomic mass is 16.5. The number of nitrogens with zero attached hydrogens (tertiary/aromatic N) is 1. The molecule has 1 fully saturated rings. The van der Waals surface area contributed by atoms with Crippen molar-refractivity contribution in [2.45, 2.75) is 12.3 Å². The smallest absolute Gasteiger partial charge is 0.311 e. The summed E-state index contributed by atoms with van der Waals surface area (Å²) in [5.74, 6) is -0.422. The largest absolute Gasteiger partial charge is 0.496 e. The van der Waals surface area contributed by atoms with Gasteiger partial charge in [0.15, 0.2) is 0 Å². The minimum Gasteiger partial charge on any atom is -0.496 e. The maximum absolute atomic E-state index is 11.6. The van der Waals surface area contributed by atoms with E-state index in [1.807, 2.05) is 31.3 Å². The van der Waals surface area contributed by atoms with Crippen LogP contribution >= 0.6 is 0 Å². The van der Waals surface area contributed by atoms with Crippen LogP contribution in [0, 0.1) is 5.92 Å². The highest BCUT2D eigenvalue weighted by Crippen LogP contribution is 2.36. The zero-order valence-corrected chi connectivity index (χ0v) is 10.8. The molecule has 0 amide bonds. The number of likely N-dealkylation sites (tertiary alicyclic amines) is 1. The Kier molecular flexibility index (Phi) is 3.87. The minimum atomic E-state index is -0.764. The molecule has 0 saturated carbocycles. The van der Waals surface area contributed by atoms with Gasteiger partial charge in [-0.05, 0) is 32.0 Å². The summed E-state index contributed by atoms with van der Waals surface area (Å²) in [6.07, 6.45) is 0.922. The van der Waals surface area contributed by atoms with Gasteiger partial charge in [-0.25, -0.2) is 0 Å². The van der Waals surface area contributed by atoms with Crippen molar-refractivity contribution < 1.29 is 14.6 Å². The van der Waals surface area contributed by atoms with E-state index < -0.39 is 11.9 Å². The lowest BCUT2D eigenvalue weighted by atomic mass is 9.85. The van der Waals surface area contributed by atoms with E-state index in [4.69, 9.17) is 4.74 Å². The van der Waals surface area contributed by atoms with Gasteiger partial charge in [-0.1, -0.05) is 18.2 Å². The fourth-order valence-electron chi connectivity index (χ4n) is 2.75. The number of carbonyl (C=O) groups is 1. The van der Waals surface area contributed by atoms with Crippen LogP contribution in [0.25, 0.3) is 0 Å². The number of rotatable bonds is 4. The molecule has 0 aromatic heterocycles. The van der Waals surface area contributed by atoms with Crippen molar-refractivity contribution in [3.8, 4) is 5.75 Å². The maximum Gasteiger partial charge on any atom is 0.311 e. The molecule has 2 rings (SSSR count). The van der Waals surface area contributed by atoms with Crippen LogP contribution in [0.2, 0.25) is 0 Å². The molecule has 1 aliphatic rings. The van der Waals surface area contributed by atoms with E-state index in [-0.39, 0.29) is 5.92 Å². The molecule has 0 spiro atoms. The van der Waals surface area contributed by atoms with Crippen LogP contribution < -0.4 is 4.74 Å². The second kappa shape index (κ2) is 5.40. The molecule has 1 aromatic carbocycles. The first-order chi connectivity index (χ1) is 8.63. The molecule has 0 radical (unpaired) electrons. The van der Waals surface area contributed by atoms with E-state index in [1.165, 1.54) is 0 Å². The Morgan fingerprint density at radius 3 is 2.78 bits per heavy atom. The van der Waals surface area contributed by atoms with Crippen LogP contribution in [0.4, 0.5) is 0 Å². The molecular weight excluding hydrogens is 230 g/mol. The number of hydrogen-bond acceptors (Lipinski definition) is 3. The average molecular weight is 249 g/mol. The van der Waals surface area contributed by atoms with Gasteiger partial charge in [0.05, 0.1) is 13.0 Å². The van der Waals surface area contributed by atoms with Gasteiger partial charge < -0.3 is 14.7 Å². The van der Waals surface area contributed by atoms with Crippen molar-refractivity contribution in [3.63, 3.8) is 0 Å². The van der Waals surface area contributed by atoms with E-state index >= 15 is 0 Å². The molecule has 0 bridgehead atoms. The first kappa shape index (κ1) is 12.9. The van der Waals surface area contributed by atoms with E-state index in [0.29, 0.717) is 5.75 Å². The summed E-state index contributed by atoms with van der Waals surface area (Å²) in [4.78, 5) is 13.8. The number of carboxylic acids is 1. The van der Waals surface area contributed by atoms with Crippen LogP contribution in [0.5, 0.6) is 5.75 Å². The topological polar surface area (TPSA) is 49.8 Å². The van der Waals surface area contributed by atoms with Gasteiger partial charge in [0, 0.05) is 12.1 Å². The zero-order chi connectivity index (χ0) is 13.1. The Hall–Kier alpha value is -1.55. The zero-order valence-electron chi connectivity index (χ0n) is 10.8.